The summed E-state index contributed by atoms with van der Waals surface area (Å²) in [5.41, 5.74) is 21.0. The van der Waals surface area contributed by atoms with Crippen LogP contribution in [-0.2, 0) is 21.4 Å². The summed E-state index contributed by atoms with van der Waals surface area (Å²) in [6.45, 7) is -0.482. The standard InChI is InChI=1S/C17H24N10O4S2/c18-6-8(7-28)26-32(29)12-5-4-9(10-2-1-3-11-14(10)24-17(20)23-11)13(16(19)25-27-21)15(12)33(22,30)31/h1-5,8,26-28H,6-7,18,21H2,(H2,19,25)(H3,20,23,24)(H2,22,30,31). The highest BCUT2D eigenvalue weighted by Gasteiger charge is 2.33. The van der Waals surface area contributed by atoms with Crippen LogP contribution in [0.4, 0.5) is 5.95 Å². The Balaban J connectivity index is 2.37. The molecule has 0 aliphatic heterocycles. The number of hydrogen-bond donors (Lipinski definition) is 9. The molecule has 0 aliphatic rings. The molecule has 0 fully saturated rings. The van der Waals surface area contributed by atoms with Gasteiger partial charge in [-0.3, -0.25) is 0 Å². The molecule has 0 bridgehead atoms. The van der Waals surface area contributed by atoms with Crippen LogP contribution < -0.4 is 38.4 Å². The number of primary sulfonamides is 1. The Bertz CT molecular complexity index is 1290. The number of aromatic amines is 1. The van der Waals surface area contributed by atoms with E-state index < -0.39 is 38.9 Å². The second-order valence-corrected chi connectivity index (χ2v) is 9.52. The summed E-state index contributed by atoms with van der Waals surface area (Å²) in [5, 5.41) is 18.6. The fourth-order valence-corrected chi connectivity index (χ4v) is 5.73. The second-order valence-electron chi connectivity index (χ2n) is 6.81. The molecule has 1 heterocycles. The van der Waals surface area contributed by atoms with Crippen LogP contribution >= 0.6 is 0 Å². The highest BCUT2D eigenvalue weighted by Crippen LogP contribution is 2.36. The Labute approximate surface area is 191 Å². The van der Waals surface area contributed by atoms with Crippen LogP contribution in [-0.4, -0.2) is 53.1 Å². The number of hydrogen-bond acceptors (Lipinski definition) is 11. The van der Waals surface area contributed by atoms with Crippen LogP contribution in [0.1, 0.15) is 5.56 Å². The van der Waals surface area contributed by atoms with Gasteiger partial charge in [0.25, 0.3) is 0 Å². The van der Waals surface area contributed by atoms with E-state index in [-0.39, 0.29) is 34.4 Å². The average Bonchev–Trinajstić information content (AvgIpc) is 3.16. The number of H-pyrrole nitrogens is 1. The van der Waals surface area contributed by atoms with Crippen LogP contribution in [0, 0.1) is 0 Å². The third-order valence-corrected chi connectivity index (χ3v) is 7.06. The van der Waals surface area contributed by atoms with Gasteiger partial charge in [-0.1, -0.05) is 12.1 Å². The summed E-state index contributed by atoms with van der Waals surface area (Å²) in [7, 11) is -4.51. The lowest BCUT2D eigenvalue weighted by Gasteiger charge is -2.21. The van der Waals surface area contributed by atoms with Crippen molar-refractivity contribution in [2.75, 3.05) is 18.9 Å². The molecule has 14 nitrogen and oxygen atoms in total. The fraction of sp³-hybridized carbons (Fsp3) is 0.176. The molecule has 33 heavy (non-hydrogen) atoms. The number of aliphatic hydroxyl groups is 1. The number of aromatic nitrogens is 2. The number of nitrogens with zero attached hydrogens (tertiary/aromatic N) is 2. The first-order valence-electron chi connectivity index (χ1n) is 9.34. The third kappa shape index (κ3) is 5.02. The summed E-state index contributed by atoms with van der Waals surface area (Å²) >= 11 is -2.14. The number of sulfonamides is 1. The molecule has 0 radical (unpaired) electrons. The number of imidazole rings is 1. The molecule has 0 saturated heterocycles. The minimum Gasteiger partial charge on any atom is -0.593 e. The smallest absolute Gasteiger partial charge is 0.243 e. The van der Waals surface area contributed by atoms with Crippen molar-refractivity contribution < 1.29 is 18.1 Å². The number of rotatable bonds is 9. The zero-order chi connectivity index (χ0) is 24.3. The number of para-hydroxylation sites is 1. The first-order chi connectivity index (χ1) is 15.6. The SMILES string of the molecule is NCC(CO)N[S+]([O-])c1ccc(-c2cccc3nc(N)[nH]c23)c(/C(N)=N/NN)c1S(N)(=O)=O. The van der Waals surface area contributed by atoms with Gasteiger partial charge in [-0.25, -0.2) is 29.9 Å². The molecule has 0 aliphatic carbocycles. The Morgan fingerprint density at radius 1 is 1.30 bits per heavy atom. The zero-order valence-corrected chi connectivity index (χ0v) is 18.8. The molecule has 14 N–H and O–H groups in total. The van der Waals surface area contributed by atoms with Crippen molar-refractivity contribution in [1.82, 2.24) is 20.2 Å². The average molecular weight is 497 g/mol. The summed E-state index contributed by atoms with van der Waals surface area (Å²) < 4.78 is 41.0. The summed E-state index contributed by atoms with van der Waals surface area (Å²) in [5.74, 6) is 5.08. The number of nitrogens with two attached hydrogens (primary N) is 5. The van der Waals surface area contributed by atoms with Gasteiger partial charge < -0.3 is 31.8 Å². The van der Waals surface area contributed by atoms with Crippen molar-refractivity contribution in [3.8, 4) is 11.1 Å². The van der Waals surface area contributed by atoms with Crippen LogP contribution in [0.2, 0.25) is 0 Å². The predicted octanol–water partition coefficient (Wildman–Crippen LogP) is -2.53. The molecule has 0 saturated carbocycles. The number of anilines is 1. The van der Waals surface area contributed by atoms with Crippen LogP contribution in [0.15, 0.2) is 45.2 Å². The van der Waals surface area contributed by atoms with Crippen molar-refractivity contribution in [2.24, 2.45) is 27.6 Å². The van der Waals surface area contributed by atoms with Gasteiger partial charge in [-0.2, -0.15) is 0 Å². The lowest BCUT2D eigenvalue weighted by molar-refractivity contribution is 0.259. The van der Waals surface area contributed by atoms with Gasteiger partial charge in [0.1, 0.15) is 0 Å². The number of fused-ring (bicyclic) bond motifs is 1. The lowest BCUT2D eigenvalue weighted by atomic mass is 9.97. The van der Waals surface area contributed by atoms with E-state index in [0.717, 1.165) is 0 Å². The summed E-state index contributed by atoms with van der Waals surface area (Å²) in [6.07, 6.45) is 0. The molecule has 1 aromatic heterocycles. The van der Waals surface area contributed by atoms with Gasteiger partial charge in [-0.05, 0) is 23.8 Å². The van der Waals surface area contributed by atoms with E-state index >= 15 is 0 Å². The van der Waals surface area contributed by atoms with E-state index in [1.54, 1.807) is 18.2 Å². The number of hydrazone groups is 1. The van der Waals surface area contributed by atoms with Gasteiger partial charge in [-0.15, -0.1) is 9.82 Å². The highest BCUT2D eigenvalue weighted by atomic mass is 32.2. The van der Waals surface area contributed by atoms with Crippen LogP contribution in [0.3, 0.4) is 0 Å². The monoisotopic (exact) mass is 496 g/mol. The number of hydrazine groups is 1. The van der Waals surface area contributed by atoms with E-state index in [4.69, 9.17) is 28.2 Å². The van der Waals surface area contributed by atoms with E-state index in [2.05, 4.69) is 19.8 Å². The Morgan fingerprint density at radius 2 is 2.03 bits per heavy atom. The van der Waals surface area contributed by atoms with E-state index in [1.807, 2.05) is 5.53 Å². The molecule has 16 heteroatoms. The Kier molecular flexibility index (Phi) is 7.40. The first kappa shape index (κ1) is 24.7. The number of nitrogens with one attached hydrogen (secondary N) is 3. The number of benzene rings is 2. The molecule has 0 spiro atoms. The molecule has 2 atom stereocenters. The number of aliphatic hydroxyl groups excluding tert-OH is 1. The first-order valence-corrected chi connectivity index (χ1v) is 12.0. The molecule has 3 aromatic rings. The molecular formula is C17H24N10O4S2. The number of nitrogen functional groups attached to an aromatic ring is 1. The number of amidine groups is 1. The van der Waals surface area contributed by atoms with Gasteiger partial charge in [0.2, 0.25) is 10.0 Å². The minimum absolute atomic E-state index is 0.0537. The topological polar surface area (TPSA) is 273 Å². The molecule has 178 valence electrons. The van der Waals surface area contributed by atoms with E-state index in [9.17, 15) is 18.1 Å². The normalized spacial score (nSPS) is 14.4. The maximum absolute atomic E-state index is 13.0. The minimum atomic E-state index is -4.51. The van der Waals surface area contributed by atoms with Gasteiger partial charge in [0.15, 0.2) is 21.6 Å². The molecular weight excluding hydrogens is 472 g/mol. The molecule has 3 rings (SSSR count). The zero-order valence-electron chi connectivity index (χ0n) is 17.1. The predicted molar refractivity (Wildman–Crippen MR) is 125 cm³/mol. The van der Waals surface area contributed by atoms with Crippen molar-refractivity contribution in [3.63, 3.8) is 0 Å². The van der Waals surface area contributed by atoms with Gasteiger partial charge in [0.05, 0.1) is 40.6 Å². The molecule has 2 aromatic carbocycles. The summed E-state index contributed by atoms with van der Waals surface area (Å²) in [6, 6.07) is 7.13. The molecule has 2 unspecified atom stereocenters. The Hall–Kier alpha value is -2.96. The largest absolute Gasteiger partial charge is 0.593 e. The maximum Gasteiger partial charge on any atom is 0.243 e. The summed E-state index contributed by atoms with van der Waals surface area (Å²) in [4.78, 5) is 6.33. The van der Waals surface area contributed by atoms with E-state index in [0.29, 0.717) is 16.6 Å². The van der Waals surface area contributed by atoms with Crippen molar-refractivity contribution in [2.45, 2.75) is 15.8 Å². The van der Waals surface area contributed by atoms with Crippen LogP contribution in [0.5, 0.6) is 0 Å². The fourth-order valence-electron chi connectivity index (χ4n) is 3.25. The van der Waals surface area contributed by atoms with Gasteiger partial charge >= 0.3 is 0 Å². The third-order valence-electron chi connectivity index (χ3n) is 4.65. The quantitative estimate of drug-likeness (QED) is 0.0489. The van der Waals surface area contributed by atoms with Gasteiger partial charge in [0, 0.05) is 12.1 Å². The van der Waals surface area contributed by atoms with E-state index in [1.165, 1.54) is 12.1 Å². The van der Waals surface area contributed by atoms with Crippen LogP contribution in [0.25, 0.3) is 22.2 Å². The highest BCUT2D eigenvalue weighted by molar-refractivity contribution is 7.92. The lowest BCUT2D eigenvalue weighted by Crippen LogP contribution is -2.43. The van der Waals surface area contributed by atoms with Crippen molar-refractivity contribution in [1.29, 1.82) is 0 Å². The van der Waals surface area contributed by atoms with Crippen molar-refractivity contribution in [3.05, 3.63) is 35.9 Å². The Morgan fingerprint density at radius 3 is 2.64 bits per heavy atom. The maximum atomic E-state index is 13.0. The molecule has 0 amide bonds. The second kappa shape index (κ2) is 9.89. The van der Waals surface area contributed by atoms with Crippen molar-refractivity contribution >= 4 is 44.2 Å².